The fourth-order valence-electron chi connectivity index (χ4n) is 1.64. The van der Waals surface area contributed by atoms with E-state index in [0.29, 0.717) is 23.8 Å². The molecule has 1 amide bonds. The summed E-state index contributed by atoms with van der Waals surface area (Å²) in [6, 6.07) is 6.91. The van der Waals surface area contributed by atoms with E-state index in [1.807, 2.05) is 11.8 Å². The smallest absolute Gasteiger partial charge is 0.306 e. The molecule has 1 aromatic rings. The molecule has 20 heavy (non-hydrogen) atoms. The number of carbonyl (C=O) groups is 2. The highest BCUT2D eigenvalue weighted by atomic mass is 35.5. The van der Waals surface area contributed by atoms with Crippen molar-refractivity contribution in [1.29, 1.82) is 0 Å². The van der Waals surface area contributed by atoms with Gasteiger partial charge in [-0.25, -0.2) is 0 Å². The van der Waals surface area contributed by atoms with Crippen LogP contribution in [0.5, 0.6) is 0 Å². The first-order chi connectivity index (χ1) is 9.55. The quantitative estimate of drug-likeness (QED) is 0.784. The Bertz CT molecular complexity index is 448. The third-order valence-electron chi connectivity index (χ3n) is 2.80. The average molecular weight is 299 g/mol. The first kappa shape index (κ1) is 16.5. The van der Waals surface area contributed by atoms with Crippen LogP contribution in [0.4, 0.5) is 5.69 Å². The lowest BCUT2D eigenvalue weighted by atomic mass is 10.3. The number of anilines is 1. The van der Waals surface area contributed by atoms with Gasteiger partial charge in [0.1, 0.15) is 0 Å². The third-order valence-corrected chi connectivity index (χ3v) is 3.05. The van der Waals surface area contributed by atoms with Crippen LogP contribution in [0.1, 0.15) is 13.3 Å². The Balaban J connectivity index is 2.42. The minimum Gasteiger partial charge on any atom is -0.469 e. The van der Waals surface area contributed by atoms with E-state index >= 15 is 0 Å². The molecule has 0 bridgehead atoms. The van der Waals surface area contributed by atoms with Crippen LogP contribution in [0.25, 0.3) is 0 Å². The molecule has 0 aliphatic carbocycles. The molecule has 110 valence electrons. The van der Waals surface area contributed by atoms with Crippen LogP contribution < -0.4 is 5.32 Å². The van der Waals surface area contributed by atoms with Gasteiger partial charge in [-0.1, -0.05) is 18.5 Å². The average Bonchev–Trinajstić information content (AvgIpc) is 2.45. The minimum absolute atomic E-state index is 0.126. The lowest BCUT2D eigenvalue weighted by molar-refractivity contribution is -0.141. The molecule has 6 heteroatoms. The number of hydrogen-bond donors (Lipinski definition) is 1. The maximum absolute atomic E-state index is 11.9. The lowest BCUT2D eigenvalue weighted by Crippen LogP contribution is -2.34. The number of likely N-dealkylation sites (N-methyl/N-ethyl adjacent to an activating group) is 1. The lowest BCUT2D eigenvalue weighted by Gasteiger charge is -2.19. The SMILES string of the molecule is CCN(CCC(=O)OC)CC(=O)Nc1ccc(Cl)cc1. The van der Waals surface area contributed by atoms with Crippen LogP contribution >= 0.6 is 11.6 Å². The molecule has 0 saturated heterocycles. The Labute approximate surface area is 123 Å². The minimum atomic E-state index is -0.276. The number of amides is 1. The zero-order chi connectivity index (χ0) is 15.0. The van der Waals surface area contributed by atoms with E-state index < -0.39 is 0 Å². The Morgan fingerprint density at radius 2 is 1.95 bits per heavy atom. The van der Waals surface area contributed by atoms with Gasteiger partial charge in [-0.05, 0) is 30.8 Å². The summed E-state index contributed by atoms with van der Waals surface area (Å²) in [4.78, 5) is 24.8. The molecule has 1 aromatic carbocycles. The van der Waals surface area contributed by atoms with Crippen LogP contribution in [0.2, 0.25) is 5.02 Å². The maximum Gasteiger partial charge on any atom is 0.306 e. The molecule has 0 atom stereocenters. The van der Waals surface area contributed by atoms with Gasteiger partial charge in [0.05, 0.1) is 20.1 Å². The van der Waals surface area contributed by atoms with Crippen molar-refractivity contribution in [2.45, 2.75) is 13.3 Å². The number of nitrogens with zero attached hydrogens (tertiary/aromatic N) is 1. The van der Waals surface area contributed by atoms with Crippen LogP contribution in [-0.4, -0.2) is 43.5 Å². The van der Waals surface area contributed by atoms with Crippen molar-refractivity contribution in [3.63, 3.8) is 0 Å². The molecule has 0 saturated carbocycles. The number of benzene rings is 1. The van der Waals surface area contributed by atoms with Gasteiger partial charge in [-0.3, -0.25) is 14.5 Å². The summed E-state index contributed by atoms with van der Waals surface area (Å²) in [5.74, 6) is -0.402. The predicted molar refractivity (Wildman–Crippen MR) is 78.8 cm³/mol. The fourth-order valence-corrected chi connectivity index (χ4v) is 1.76. The molecule has 0 spiro atoms. The van der Waals surface area contributed by atoms with Crippen molar-refractivity contribution in [2.75, 3.05) is 32.1 Å². The molecule has 0 heterocycles. The molecule has 0 aliphatic heterocycles. The first-order valence-electron chi connectivity index (χ1n) is 6.39. The molecular weight excluding hydrogens is 280 g/mol. The normalized spacial score (nSPS) is 10.4. The number of ether oxygens (including phenoxy) is 1. The van der Waals surface area contributed by atoms with Crippen molar-refractivity contribution in [3.05, 3.63) is 29.3 Å². The summed E-state index contributed by atoms with van der Waals surface area (Å²) in [5, 5.41) is 3.40. The van der Waals surface area contributed by atoms with Crippen LogP contribution in [0.3, 0.4) is 0 Å². The Kier molecular flexibility index (Phi) is 7.04. The molecule has 0 radical (unpaired) electrons. The van der Waals surface area contributed by atoms with E-state index in [1.54, 1.807) is 24.3 Å². The van der Waals surface area contributed by atoms with Crippen LogP contribution in [-0.2, 0) is 14.3 Å². The monoisotopic (exact) mass is 298 g/mol. The molecule has 0 unspecified atom stereocenters. The number of rotatable bonds is 7. The zero-order valence-corrected chi connectivity index (χ0v) is 12.4. The number of nitrogens with one attached hydrogen (secondary N) is 1. The number of methoxy groups -OCH3 is 1. The van der Waals surface area contributed by atoms with Crippen molar-refractivity contribution in [2.24, 2.45) is 0 Å². The zero-order valence-electron chi connectivity index (χ0n) is 11.7. The molecule has 1 N–H and O–H groups in total. The summed E-state index contributed by atoms with van der Waals surface area (Å²) >= 11 is 5.77. The number of carbonyl (C=O) groups excluding carboxylic acids is 2. The van der Waals surface area contributed by atoms with Crippen molar-refractivity contribution in [3.8, 4) is 0 Å². The van der Waals surface area contributed by atoms with Gasteiger partial charge in [-0.15, -0.1) is 0 Å². The largest absolute Gasteiger partial charge is 0.469 e. The van der Waals surface area contributed by atoms with E-state index in [2.05, 4.69) is 10.1 Å². The number of esters is 1. The Morgan fingerprint density at radius 1 is 1.30 bits per heavy atom. The van der Waals surface area contributed by atoms with Gasteiger partial charge in [0.15, 0.2) is 0 Å². The highest BCUT2D eigenvalue weighted by Crippen LogP contribution is 2.13. The fraction of sp³-hybridized carbons (Fsp3) is 0.429. The van der Waals surface area contributed by atoms with Gasteiger partial charge >= 0.3 is 5.97 Å². The van der Waals surface area contributed by atoms with Crippen molar-refractivity contribution >= 4 is 29.2 Å². The molecular formula is C14H19ClN2O3. The van der Waals surface area contributed by atoms with Gasteiger partial charge < -0.3 is 10.1 Å². The highest BCUT2D eigenvalue weighted by Gasteiger charge is 2.11. The highest BCUT2D eigenvalue weighted by molar-refractivity contribution is 6.30. The summed E-state index contributed by atoms with van der Waals surface area (Å²) in [7, 11) is 1.35. The van der Waals surface area contributed by atoms with E-state index in [1.165, 1.54) is 7.11 Å². The number of hydrogen-bond acceptors (Lipinski definition) is 4. The van der Waals surface area contributed by atoms with Crippen molar-refractivity contribution in [1.82, 2.24) is 4.90 Å². The summed E-state index contributed by atoms with van der Waals surface area (Å²) in [6.07, 6.45) is 0.276. The van der Waals surface area contributed by atoms with E-state index in [9.17, 15) is 9.59 Å². The second-order valence-corrected chi connectivity index (χ2v) is 4.69. The Morgan fingerprint density at radius 3 is 2.50 bits per heavy atom. The third kappa shape index (κ3) is 6.04. The van der Waals surface area contributed by atoms with Crippen molar-refractivity contribution < 1.29 is 14.3 Å². The van der Waals surface area contributed by atoms with Gasteiger partial charge in [0, 0.05) is 17.3 Å². The maximum atomic E-state index is 11.9. The summed E-state index contributed by atoms with van der Waals surface area (Å²) in [6.45, 7) is 3.35. The topological polar surface area (TPSA) is 58.6 Å². The molecule has 5 nitrogen and oxygen atoms in total. The second kappa shape index (κ2) is 8.55. The van der Waals surface area contributed by atoms with E-state index in [0.717, 1.165) is 0 Å². The van der Waals surface area contributed by atoms with Gasteiger partial charge in [-0.2, -0.15) is 0 Å². The van der Waals surface area contributed by atoms with E-state index in [-0.39, 0.29) is 24.8 Å². The molecule has 0 aromatic heterocycles. The molecule has 1 rings (SSSR count). The second-order valence-electron chi connectivity index (χ2n) is 4.25. The molecule has 0 aliphatic rings. The standard InChI is InChI=1S/C14H19ClN2O3/c1-3-17(9-8-14(19)20-2)10-13(18)16-12-6-4-11(15)5-7-12/h4-7H,3,8-10H2,1-2H3,(H,16,18). The molecule has 0 fully saturated rings. The van der Waals surface area contributed by atoms with E-state index in [4.69, 9.17) is 11.6 Å². The number of halogens is 1. The summed E-state index contributed by atoms with van der Waals surface area (Å²) < 4.78 is 4.58. The van der Waals surface area contributed by atoms with Gasteiger partial charge in [0.2, 0.25) is 5.91 Å². The van der Waals surface area contributed by atoms with Crippen LogP contribution in [0.15, 0.2) is 24.3 Å². The van der Waals surface area contributed by atoms with Crippen LogP contribution in [0, 0.1) is 0 Å². The summed E-state index contributed by atoms with van der Waals surface area (Å²) in [5.41, 5.74) is 0.698. The van der Waals surface area contributed by atoms with Gasteiger partial charge in [0.25, 0.3) is 0 Å². The predicted octanol–water partition coefficient (Wildman–Crippen LogP) is 2.16. The Hall–Kier alpha value is -1.59. The first-order valence-corrected chi connectivity index (χ1v) is 6.77.